The minimum absolute atomic E-state index is 0.309. The largest absolute Gasteiger partial charge is 0.276 e. The van der Waals surface area contributed by atoms with Gasteiger partial charge in [-0.25, -0.2) is 5.06 Å². The molecule has 0 radical (unpaired) electrons. The fourth-order valence-electron chi connectivity index (χ4n) is 1.10. The van der Waals surface area contributed by atoms with E-state index in [1.807, 2.05) is 51.1 Å². The molecule has 0 spiro atoms. The van der Waals surface area contributed by atoms with Crippen LogP contribution in [0.5, 0.6) is 0 Å². The predicted octanol–water partition coefficient (Wildman–Crippen LogP) is 2.38. The molecule has 0 aliphatic heterocycles. The summed E-state index contributed by atoms with van der Waals surface area (Å²) >= 11 is 0. The summed E-state index contributed by atoms with van der Waals surface area (Å²) in [6.07, 6.45) is 0.711. The smallest absolute Gasteiger partial charge is 0.233 e. The molecule has 3 heteroatoms. The van der Waals surface area contributed by atoms with Crippen LogP contribution >= 0.6 is 0 Å². The van der Waals surface area contributed by atoms with E-state index in [1.165, 1.54) is 5.06 Å². The zero-order valence-corrected chi connectivity index (χ0v) is 9.43. The molecule has 0 aliphatic rings. The third-order valence-corrected chi connectivity index (χ3v) is 1.97. The molecule has 1 amide bonds. The highest BCUT2D eigenvalue weighted by molar-refractivity contribution is 5.46. The lowest BCUT2D eigenvalue weighted by molar-refractivity contribution is -0.207. The van der Waals surface area contributed by atoms with Crippen LogP contribution in [0.1, 0.15) is 26.3 Å². The number of hydrogen-bond acceptors (Lipinski definition) is 2. The maximum atomic E-state index is 10.8. The molecule has 0 heterocycles. The molecule has 15 heavy (non-hydrogen) atoms. The van der Waals surface area contributed by atoms with Crippen LogP contribution in [-0.4, -0.2) is 17.0 Å². The van der Waals surface area contributed by atoms with Crippen LogP contribution in [0.4, 0.5) is 0 Å². The average molecular weight is 207 g/mol. The summed E-state index contributed by atoms with van der Waals surface area (Å²) in [4.78, 5) is 16.2. The van der Waals surface area contributed by atoms with Gasteiger partial charge >= 0.3 is 0 Å². The Kier molecular flexibility index (Phi) is 3.86. The Bertz CT molecular complexity index is 303. The van der Waals surface area contributed by atoms with Gasteiger partial charge in [0.2, 0.25) is 6.41 Å². The Morgan fingerprint density at radius 1 is 1.27 bits per heavy atom. The van der Waals surface area contributed by atoms with Crippen molar-refractivity contribution in [2.75, 3.05) is 0 Å². The highest BCUT2D eigenvalue weighted by Crippen LogP contribution is 2.13. The van der Waals surface area contributed by atoms with E-state index in [4.69, 9.17) is 4.84 Å². The van der Waals surface area contributed by atoms with Gasteiger partial charge in [-0.2, -0.15) is 0 Å². The summed E-state index contributed by atoms with van der Waals surface area (Å²) in [5.41, 5.74) is 0.741. The second-order valence-electron chi connectivity index (χ2n) is 4.36. The number of rotatable bonds is 4. The van der Waals surface area contributed by atoms with Crippen molar-refractivity contribution >= 4 is 6.41 Å². The lowest BCUT2D eigenvalue weighted by atomic mass is 10.1. The van der Waals surface area contributed by atoms with E-state index in [1.54, 1.807) is 0 Å². The molecule has 0 aromatic heterocycles. The number of nitrogens with zero attached hydrogens (tertiary/aromatic N) is 1. The second kappa shape index (κ2) is 4.94. The third kappa shape index (κ3) is 3.72. The molecule has 82 valence electrons. The van der Waals surface area contributed by atoms with Gasteiger partial charge in [0.25, 0.3) is 0 Å². The van der Waals surface area contributed by atoms with Gasteiger partial charge < -0.3 is 0 Å². The van der Waals surface area contributed by atoms with Gasteiger partial charge in [-0.05, 0) is 26.3 Å². The number of amides is 1. The molecule has 0 unspecified atom stereocenters. The van der Waals surface area contributed by atoms with Gasteiger partial charge in [0.05, 0.1) is 5.54 Å². The van der Waals surface area contributed by atoms with E-state index in [9.17, 15) is 4.79 Å². The van der Waals surface area contributed by atoms with Gasteiger partial charge in [-0.3, -0.25) is 9.63 Å². The van der Waals surface area contributed by atoms with Gasteiger partial charge in [0, 0.05) is 0 Å². The Morgan fingerprint density at radius 3 is 2.33 bits per heavy atom. The van der Waals surface area contributed by atoms with E-state index in [0.717, 1.165) is 5.56 Å². The zero-order chi connectivity index (χ0) is 11.3. The molecular weight excluding hydrogens is 190 g/mol. The molecule has 0 bridgehead atoms. The van der Waals surface area contributed by atoms with Crippen molar-refractivity contribution in [3.05, 3.63) is 35.9 Å². The first-order valence-corrected chi connectivity index (χ1v) is 4.95. The first kappa shape index (κ1) is 11.7. The van der Waals surface area contributed by atoms with Crippen LogP contribution in [0.2, 0.25) is 0 Å². The predicted molar refractivity (Wildman–Crippen MR) is 58.9 cm³/mol. The summed E-state index contributed by atoms with van der Waals surface area (Å²) in [7, 11) is 0. The molecule has 0 atom stereocenters. The van der Waals surface area contributed by atoms with Crippen LogP contribution in [-0.2, 0) is 16.2 Å². The van der Waals surface area contributed by atoms with Gasteiger partial charge in [0.15, 0.2) is 0 Å². The summed E-state index contributed by atoms with van der Waals surface area (Å²) in [5, 5.41) is 1.33. The minimum atomic E-state index is -0.309. The van der Waals surface area contributed by atoms with E-state index in [-0.39, 0.29) is 5.54 Å². The standard InChI is InChI=1S/C12H17NO2/c1-12(2,3)13(10-14)15-9-11-7-5-4-6-8-11/h4-8,10H,9H2,1-3H3. The fourth-order valence-corrected chi connectivity index (χ4v) is 1.10. The van der Waals surface area contributed by atoms with Crippen molar-refractivity contribution in [3.63, 3.8) is 0 Å². The highest BCUT2D eigenvalue weighted by atomic mass is 16.7. The number of carbonyl (C=O) groups is 1. The lowest BCUT2D eigenvalue weighted by Gasteiger charge is -2.30. The molecule has 0 saturated heterocycles. The minimum Gasteiger partial charge on any atom is -0.276 e. The van der Waals surface area contributed by atoms with Crippen LogP contribution in [0, 0.1) is 0 Å². The summed E-state index contributed by atoms with van der Waals surface area (Å²) < 4.78 is 0. The number of benzene rings is 1. The van der Waals surface area contributed by atoms with E-state index >= 15 is 0 Å². The number of carbonyl (C=O) groups excluding carboxylic acids is 1. The summed E-state index contributed by atoms with van der Waals surface area (Å²) in [5.74, 6) is 0. The number of hydrogen-bond donors (Lipinski definition) is 0. The second-order valence-corrected chi connectivity index (χ2v) is 4.36. The maximum Gasteiger partial charge on any atom is 0.233 e. The third-order valence-electron chi connectivity index (χ3n) is 1.97. The molecular formula is C12H17NO2. The first-order chi connectivity index (χ1) is 7.04. The Morgan fingerprint density at radius 2 is 1.87 bits per heavy atom. The first-order valence-electron chi connectivity index (χ1n) is 4.95. The monoisotopic (exact) mass is 207 g/mol. The fraction of sp³-hybridized carbons (Fsp3) is 0.417. The topological polar surface area (TPSA) is 29.5 Å². The number of hydroxylamine groups is 2. The van der Waals surface area contributed by atoms with E-state index in [0.29, 0.717) is 13.0 Å². The molecule has 0 fully saturated rings. The molecule has 3 nitrogen and oxygen atoms in total. The van der Waals surface area contributed by atoms with E-state index < -0.39 is 0 Å². The summed E-state index contributed by atoms with van der Waals surface area (Å²) in [6.45, 7) is 6.18. The average Bonchev–Trinajstić information content (AvgIpc) is 2.18. The van der Waals surface area contributed by atoms with Crippen molar-refractivity contribution in [1.29, 1.82) is 0 Å². The molecule has 0 aliphatic carbocycles. The Balaban J connectivity index is 2.52. The summed E-state index contributed by atoms with van der Waals surface area (Å²) in [6, 6.07) is 9.77. The zero-order valence-electron chi connectivity index (χ0n) is 9.43. The SMILES string of the molecule is CC(C)(C)N(C=O)OCc1ccccc1. The molecule has 0 saturated carbocycles. The van der Waals surface area contributed by atoms with Gasteiger partial charge in [-0.15, -0.1) is 0 Å². The lowest BCUT2D eigenvalue weighted by Crippen LogP contribution is -2.40. The molecule has 1 rings (SSSR count). The van der Waals surface area contributed by atoms with Crippen molar-refractivity contribution in [2.45, 2.75) is 32.9 Å². The van der Waals surface area contributed by atoms with Crippen molar-refractivity contribution in [2.24, 2.45) is 0 Å². The van der Waals surface area contributed by atoms with Crippen molar-refractivity contribution < 1.29 is 9.63 Å². The molecule has 1 aromatic rings. The Hall–Kier alpha value is -1.35. The van der Waals surface area contributed by atoms with E-state index in [2.05, 4.69) is 0 Å². The Labute approximate surface area is 90.6 Å². The van der Waals surface area contributed by atoms with Crippen LogP contribution in [0.3, 0.4) is 0 Å². The van der Waals surface area contributed by atoms with Crippen molar-refractivity contribution in [3.8, 4) is 0 Å². The van der Waals surface area contributed by atoms with Gasteiger partial charge in [-0.1, -0.05) is 30.3 Å². The quantitative estimate of drug-likeness (QED) is 0.560. The molecule has 0 N–H and O–H groups in total. The van der Waals surface area contributed by atoms with Crippen molar-refractivity contribution in [1.82, 2.24) is 5.06 Å². The maximum absolute atomic E-state index is 10.8. The highest BCUT2D eigenvalue weighted by Gasteiger charge is 2.20. The van der Waals surface area contributed by atoms with Crippen LogP contribution in [0.25, 0.3) is 0 Å². The van der Waals surface area contributed by atoms with Gasteiger partial charge in [0.1, 0.15) is 6.61 Å². The normalized spacial score (nSPS) is 11.1. The van der Waals surface area contributed by atoms with Crippen LogP contribution in [0.15, 0.2) is 30.3 Å². The molecule has 1 aromatic carbocycles. The van der Waals surface area contributed by atoms with Crippen LogP contribution < -0.4 is 0 Å².